The Hall–Kier alpha value is 0.860. The first kappa shape index (κ1) is 53.0. The molecule has 0 aromatic rings. The van der Waals surface area contributed by atoms with Crippen molar-refractivity contribution in [2.24, 2.45) is 0 Å². The molecule has 3 aliphatic heterocycles. The molecule has 2 heteroatoms. The van der Waals surface area contributed by atoms with Crippen LogP contribution < -0.4 is 0 Å². The SMILES string of the molecule is C1CCCCCCCCCP2CCCCCCCCCCCCCCCCCCP(CCCCCCCC1)CCCCCCCCCCCCCCCCCC2. The number of hydrogen-bond acceptors (Lipinski definition) is 0. The maximum Gasteiger partial charge on any atom is -0.0326 e. The second kappa shape index (κ2) is 45.4. The molecule has 0 aromatic carbocycles. The Bertz CT molecular complexity index is 566. The van der Waals surface area contributed by atoms with E-state index in [9.17, 15) is 0 Å². The first-order valence-corrected chi connectivity index (χ1v) is 31.2. The van der Waals surface area contributed by atoms with Crippen molar-refractivity contribution in [3.05, 3.63) is 0 Å². The van der Waals surface area contributed by atoms with Gasteiger partial charge < -0.3 is 0 Å². The van der Waals surface area contributed by atoms with Crippen molar-refractivity contribution >= 4 is 15.8 Å². The molecule has 0 N–H and O–H groups in total. The highest BCUT2D eigenvalue weighted by molar-refractivity contribution is 7.57. The van der Waals surface area contributed by atoms with Gasteiger partial charge in [0, 0.05) is 0 Å². The van der Waals surface area contributed by atoms with Gasteiger partial charge in [-0.05, 0) is 75.5 Å². The molecule has 334 valence electrons. The molecule has 0 aliphatic carbocycles. The van der Waals surface area contributed by atoms with Crippen LogP contribution in [0.4, 0.5) is 0 Å². The van der Waals surface area contributed by atoms with Gasteiger partial charge in [-0.25, -0.2) is 0 Å². The lowest BCUT2D eigenvalue weighted by molar-refractivity contribution is 0.530. The van der Waals surface area contributed by atoms with Crippen LogP contribution in [-0.4, -0.2) is 37.0 Å². The normalized spacial score (nSPS) is 27.0. The third kappa shape index (κ3) is 39.0. The van der Waals surface area contributed by atoms with Crippen molar-refractivity contribution < 1.29 is 0 Å². The largest absolute Gasteiger partial charge is 0.107 e. The van der Waals surface area contributed by atoms with Gasteiger partial charge in [0.25, 0.3) is 0 Å². The lowest BCUT2D eigenvalue weighted by Gasteiger charge is -2.18. The molecule has 0 unspecified atom stereocenters. The second-order valence-corrected chi connectivity index (χ2v) is 25.0. The molecular formula is C54H108P2. The first-order chi connectivity index (χ1) is 27.9. The lowest BCUT2D eigenvalue weighted by Crippen LogP contribution is -1.97. The molecule has 0 atom stereocenters. The van der Waals surface area contributed by atoms with Gasteiger partial charge in [0.2, 0.25) is 0 Å². The summed E-state index contributed by atoms with van der Waals surface area (Å²) in [5.41, 5.74) is 0. The third-order valence-electron chi connectivity index (χ3n) is 14.1. The van der Waals surface area contributed by atoms with Gasteiger partial charge in [0.1, 0.15) is 0 Å². The third-order valence-corrected chi connectivity index (χ3v) is 19.8. The summed E-state index contributed by atoms with van der Waals surface area (Å²) in [5.74, 6) is 0. The van der Waals surface area contributed by atoms with Gasteiger partial charge in [-0.1, -0.05) is 270 Å². The average molecular weight is 819 g/mol. The average Bonchev–Trinajstić information content (AvgIpc) is 3.20. The van der Waals surface area contributed by atoms with Crippen molar-refractivity contribution in [1.82, 2.24) is 0 Å². The van der Waals surface area contributed by atoms with Gasteiger partial charge in [-0.2, -0.15) is 0 Å². The maximum absolute atomic E-state index is 1.61. The van der Waals surface area contributed by atoms with Crippen LogP contribution in [0.2, 0.25) is 0 Å². The quantitative estimate of drug-likeness (QED) is 0.214. The van der Waals surface area contributed by atoms with E-state index in [4.69, 9.17) is 0 Å². The fourth-order valence-electron chi connectivity index (χ4n) is 10.1. The van der Waals surface area contributed by atoms with Gasteiger partial charge in [-0.15, -0.1) is 15.8 Å². The highest BCUT2D eigenvalue weighted by Crippen LogP contribution is 2.40. The topological polar surface area (TPSA) is 0 Å². The van der Waals surface area contributed by atoms with E-state index in [1.165, 1.54) is 270 Å². The number of hydrogen-bond donors (Lipinski definition) is 0. The minimum absolute atomic E-state index is 0.316. The zero-order chi connectivity index (χ0) is 39.3. The first-order valence-electron chi connectivity index (χ1n) is 27.4. The molecule has 0 radical (unpaired) electrons. The predicted octanol–water partition coefficient (Wildman–Crippen LogP) is 20.7. The summed E-state index contributed by atoms with van der Waals surface area (Å²) in [7, 11) is 0.631. The van der Waals surface area contributed by atoms with E-state index in [2.05, 4.69) is 0 Å². The van der Waals surface area contributed by atoms with E-state index in [1.807, 2.05) is 0 Å². The molecule has 0 amide bonds. The lowest BCUT2D eigenvalue weighted by atomic mass is 10.0. The molecule has 0 nitrogen and oxygen atoms in total. The molecule has 0 saturated carbocycles. The molecule has 56 heavy (non-hydrogen) atoms. The molecule has 3 rings (SSSR count). The maximum atomic E-state index is 1.61. The summed E-state index contributed by atoms with van der Waals surface area (Å²) in [6.07, 6.45) is 82.5. The molecule has 0 aromatic heterocycles. The Kier molecular flexibility index (Phi) is 43.0. The van der Waals surface area contributed by atoms with Gasteiger partial charge in [-0.3, -0.25) is 0 Å². The van der Waals surface area contributed by atoms with E-state index in [1.54, 1.807) is 75.5 Å². The highest BCUT2D eigenvalue weighted by atomic mass is 31.1. The summed E-state index contributed by atoms with van der Waals surface area (Å²) >= 11 is 0. The van der Waals surface area contributed by atoms with Crippen LogP contribution in [0.25, 0.3) is 0 Å². The Labute approximate surface area is 359 Å². The van der Waals surface area contributed by atoms with E-state index in [-0.39, 0.29) is 0 Å². The Morgan fingerprint density at radius 1 is 0.0893 bits per heavy atom. The zero-order valence-corrected chi connectivity index (χ0v) is 40.9. The van der Waals surface area contributed by atoms with Gasteiger partial charge in [0.15, 0.2) is 0 Å². The monoisotopic (exact) mass is 819 g/mol. The predicted molar refractivity (Wildman–Crippen MR) is 265 cm³/mol. The Morgan fingerprint density at radius 2 is 0.161 bits per heavy atom. The fourth-order valence-corrected chi connectivity index (χ4v) is 15.5. The minimum atomic E-state index is 0.316. The van der Waals surface area contributed by atoms with Crippen molar-refractivity contribution in [2.75, 3.05) is 37.0 Å². The van der Waals surface area contributed by atoms with E-state index < -0.39 is 0 Å². The molecule has 3 fully saturated rings. The molecule has 2 bridgehead atoms. The van der Waals surface area contributed by atoms with Crippen molar-refractivity contribution in [2.45, 2.75) is 308 Å². The zero-order valence-electron chi connectivity index (χ0n) is 39.1. The summed E-state index contributed by atoms with van der Waals surface area (Å²) in [6, 6.07) is 0. The van der Waals surface area contributed by atoms with E-state index in [0.717, 1.165) is 0 Å². The van der Waals surface area contributed by atoms with Crippen molar-refractivity contribution in [3.63, 3.8) is 0 Å². The summed E-state index contributed by atoms with van der Waals surface area (Å²) in [6.45, 7) is 0. The number of rotatable bonds is 0. The van der Waals surface area contributed by atoms with E-state index >= 15 is 0 Å². The smallest absolute Gasteiger partial charge is 0.0326 e. The standard InChI is InChI=1S/C54H108P2/c1-2-8-14-20-26-32-38-44-50-56-53-47-41-35-29-23-17-11-5-3-9-15-21-27-33-39-45-51-55(49-43-37-31-25-19-13-7-1)52-46-40-34-28-22-16-10-4-6-12-18-24-30-36-42-48-54-56/h1-54H2. The van der Waals surface area contributed by atoms with Crippen LogP contribution in [0, 0.1) is 0 Å². The molecule has 0 spiro atoms. The molecule has 3 aliphatic rings. The van der Waals surface area contributed by atoms with Gasteiger partial charge in [0.05, 0.1) is 0 Å². The fraction of sp³-hybridized carbons (Fsp3) is 1.00. The molecule has 3 heterocycles. The van der Waals surface area contributed by atoms with Crippen LogP contribution in [0.5, 0.6) is 0 Å². The van der Waals surface area contributed by atoms with Crippen molar-refractivity contribution in [3.8, 4) is 0 Å². The summed E-state index contributed by atoms with van der Waals surface area (Å²) < 4.78 is 0. The van der Waals surface area contributed by atoms with Gasteiger partial charge >= 0.3 is 0 Å². The van der Waals surface area contributed by atoms with Crippen LogP contribution in [0.15, 0.2) is 0 Å². The second-order valence-electron chi connectivity index (χ2n) is 19.7. The Morgan fingerprint density at radius 3 is 0.250 bits per heavy atom. The van der Waals surface area contributed by atoms with Crippen LogP contribution in [-0.2, 0) is 0 Å². The molecule has 3 saturated heterocycles. The summed E-state index contributed by atoms with van der Waals surface area (Å²) in [4.78, 5) is 0. The summed E-state index contributed by atoms with van der Waals surface area (Å²) in [5, 5.41) is 0. The van der Waals surface area contributed by atoms with Crippen LogP contribution >= 0.6 is 15.8 Å². The van der Waals surface area contributed by atoms with Crippen LogP contribution in [0.1, 0.15) is 308 Å². The van der Waals surface area contributed by atoms with E-state index in [0.29, 0.717) is 15.8 Å². The Balaban J connectivity index is 1.83. The highest BCUT2D eigenvalue weighted by Gasteiger charge is 2.10. The number of fused-ring (bicyclic) bond motifs is 51. The minimum Gasteiger partial charge on any atom is -0.107 e. The van der Waals surface area contributed by atoms with Crippen LogP contribution in [0.3, 0.4) is 0 Å². The van der Waals surface area contributed by atoms with Crippen molar-refractivity contribution in [1.29, 1.82) is 0 Å². The molecular weight excluding hydrogens is 711 g/mol.